The molecule has 1 aromatic rings. The van der Waals surface area contributed by atoms with Crippen molar-refractivity contribution >= 4 is 5.91 Å². The van der Waals surface area contributed by atoms with Gasteiger partial charge in [0, 0.05) is 12.6 Å². The maximum atomic E-state index is 11.4. The van der Waals surface area contributed by atoms with Gasteiger partial charge in [-0.1, -0.05) is 44.2 Å². The van der Waals surface area contributed by atoms with E-state index < -0.39 is 0 Å². The van der Waals surface area contributed by atoms with Crippen LogP contribution < -0.4 is 10.1 Å². The standard InChI is InChI=1S/C17H23NO2/c1-14(2)13-18-17(19)11-6-4-5-8-15-9-7-10-16(12-15)20-3/h4-7,9-12,14H,8,13H2,1-3H3,(H,18,19). The second kappa shape index (κ2) is 8.97. The molecule has 3 heteroatoms. The lowest BCUT2D eigenvalue weighted by atomic mass is 10.1. The summed E-state index contributed by atoms with van der Waals surface area (Å²) in [5.74, 6) is 1.28. The molecule has 108 valence electrons. The summed E-state index contributed by atoms with van der Waals surface area (Å²) in [6.07, 6.45) is 8.02. The summed E-state index contributed by atoms with van der Waals surface area (Å²) in [5, 5.41) is 2.83. The van der Waals surface area contributed by atoms with Gasteiger partial charge in [-0.3, -0.25) is 4.79 Å². The Morgan fingerprint density at radius 3 is 2.85 bits per heavy atom. The van der Waals surface area contributed by atoms with Crippen molar-refractivity contribution in [1.29, 1.82) is 0 Å². The first-order chi connectivity index (χ1) is 9.61. The van der Waals surface area contributed by atoms with Gasteiger partial charge in [0.05, 0.1) is 7.11 Å². The monoisotopic (exact) mass is 273 g/mol. The van der Waals surface area contributed by atoms with E-state index in [-0.39, 0.29) is 5.91 Å². The molecule has 0 heterocycles. The molecule has 0 spiro atoms. The highest BCUT2D eigenvalue weighted by molar-refractivity contribution is 5.87. The third-order valence-electron chi connectivity index (χ3n) is 2.67. The number of hydrogen-bond acceptors (Lipinski definition) is 2. The van der Waals surface area contributed by atoms with Crippen LogP contribution in [0.15, 0.2) is 48.6 Å². The maximum Gasteiger partial charge on any atom is 0.243 e. The van der Waals surface area contributed by atoms with Gasteiger partial charge in [-0.05, 0) is 30.0 Å². The minimum atomic E-state index is -0.0512. The van der Waals surface area contributed by atoms with Crippen LogP contribution in [0.4, 0.5) is 0 Å². The molecule has 1 amide bonds. The zero-order chi connectivity index (χ0) is 14.8. The average molecular weight is 273 g/mol. The molecule has 0 fully saturated rings. The molecule has 0 atom stereocenters. The minimum absolute atomic E-state index is 0.0512. The number of nitrogens with one attached hydrogen (secondary N) is 1. The van der Waals surface area contributed by atoms with E-state index in [9.17, 15) is 4.79 Å². The zero-order valence-corrected chi connectivity index (χ0v) is 12.4. The normalized spacial score (nSPS) is 11.4. The molecule has 0 bridgehead atoms. The fraction of sp³-hybridized carbons (Fsp3) is 0.353. The number of ether oxygens (including phenoxy) is 1. The third-order valence-corrected chi connectivity index (χ3v) is 2.67. The smallest absolute Gasteiger partial charge is 0.243 e. The molecule has 0 aliphatic carbocycles. The summed E-state index contributed by atoms with van der Waals surface area (Å²) in [6.45, 7) is 4.84. The molecule has 3 nitrogen and oxygen atoms in total. The van der Waals surface area contributed by atoms with Crippen LogP contribution in [-0.4, -0.2) is 19.6 Å². The van der Waals surface area contributed by atoms with Crippen LogP contribution in [0, 0.1) is 5.92 Å². The van der Waals surface area contributed by atoms with Crippen LogP contribution in [0.2, 0.25) is 0 Å². The van der Waals surface area contributed by atoms with Gasteiger partial charge < -0.3 is 10.1 Å². The van der Waals surface area contributed by atoms with Crippen molar-refractivity contribution in [2.75, 3.05) is 13.7 Å². The molecule has 20 heavy (non-hydrogen) atoms. The first-order valence-corrected chi connectivity index (χ1v) is 6.85. The summed E-state index contributed by atoms with van der Waals surface area (Å²) in [7, 11) is 1.66. The number of amides is 1. The Labute approximate surface area is 121 Å². The zero-order valence-electron chi connectivity index (χ0n) is 12.4. The van der Waals surface area contributed by atoms with Gasteiger partial charge in [0.1, 0.15) is 5.75 Å². The van der Waals surface area contributed by atoms with E-state index in [0.717, 1.165) is 12.2 Å². The molecular formula is C17H23NO2. The number of hydrogen-bond donors (Lipinski definition) is 1. The molecule has 0 saturated carbocycles. The van der Waals surface area contributed by atoms with Gasteiger partial charge in [0.25, 0.3) is 0 Å². The minimum Gasteiger partial charge on any atom is -0.497 e. The number of carbonyl (C=O) groups is 1. The highest BCUT2D eigenvalue weighted by Gasteiger charge is 1.96. The summed E-state index contributed by atoms with van der Waals surface area (Å²) < 4.78 is 5.17. The summed E-state index contributed by atoms with van der Waals surface area (Å²) in [5.41, 5.74) is 1.18. The van der Waals surface area contributed by atoms with E-state index in [0.29, 0.717) is 12.5 Å². The van der Waals surface area contributed by atoms with E-state index in [1.165, 1.54) is 5.56 Å². The fourth-order valence-electron chi connectivity index (χ4n) is 1.59. The van der Waals surface area contributed by atoms with Gasteiger partial charge in [0.15, 0.2) is 0 Å². The lowest BCUT2D eigenvalue weighted by Crippen LogP contribution is -2.25. The number of methoxy groups -OCH3 is 1. The number of allylic oxidation sites excluding steroid dienone is 3. The predicted octanol–water partition coefficient (Wildman–Crippen LogP) is 3.12. The quantitative estimate of drug-likeness (QED) is 0.612. The Morgan fingerprint density at radius 1 is 1.35 bits per heavy atom. The van der Waals surface area contributed by atoms with Gasteiger partial charge in [0.2, 0.25) is 5.91 Å². The Balaban J connectivity index is 2.35. The number of benzene rings is 1. The number of carbonyl (C=O) groups excluding carboxylic acids is 1. The molecule has 0 aromatic heterocycles. The van der Waals surface area contributed by atoms with E-state index in [2.05, 4.69) is 19.2 Å². The summed E-state index contributed by atoms with van der Waals surface area (Å²) >= 11 is 0. The first-order valence-electron chi connectivity index (χ1n) is 6.85. The van der Waals surface area contributed by atoms with E-state index in [1.807, 2.05) is 36.4 Å². The Kier molecular flexibility index (Phi) is 7.18. The Morgan fingerprint density at radius 2 is 2.15 bits per heavy atom. The molecule has 1 N–H and O–H groups in total. The Bertz CT molecular complexity index is 476. The van der Waals surface area contributed by atoms with Crippen LogP contribution in [0.1, 0.15) is 19.4 Å². The maximum absolute atomic E-state index is 11.4. The van der Waals surface area contributed by atoms with Crippen LogP contribution in [0.25, 0.3) is 0 Å². The van der Waals surface area contributed by atoms with Crippen molar-refractivity contribution < 1.29 is 9.53 Å². The van der Waals surface area contributed by atoms with E-state index in [4.69, 9.17) is 4.74 Å². The molecule has 1 rings (SSSR count). The summed E-state index contributed by atoms with van der Waals surface area (Å²) in [6, 6.07) is 7.94. The van der Waals surface area contributed by atoms with Crippen molar-refractivity contribution in [2.45, 2.75) is 20.3 Å². The lowest BCUT2D eigenvalue weighted by Gasteiger charge is -2.03. The largest absolute Gasteiger partial charge is 0.497 e. The van der Waals surface area contributed by atoms with Crippen molar-refractivity contribution in [1.82, 2.24) is 5.32 Å². The van der Waals surface area contributed by atoms with Crippen molar-refractivity contribution in [2.24, 2.45) is 5.92 Å². The van der Waals surface area contributed by atoms with Gasteiger partial charge in [-0.2, -0.15) is 0 Å². The molecule has 0 saturated heterocycles. The van der Waals surface area contributed by atoms with Gasteiger partial charge in [-0.15, -0.1) is 0 Å². The van der Waals surface area contributed by atoms with Gasteiger partial charge in [-0.25, -0.2) is 0 Å². The number of rotatable bonds is 7. The van der Waals surface area contributed by atoms with Crippen molar-refractivity contribution in [3.05, 3.63) is 54.1 Å². The van der Waals surface area contributed by atoms with E-state index >= 15 is 0 Å². The van der Waals surface area contributed by atoms with Crippen LogP contribution in [0.3, 0.4) is 0 Å². The van der Waals surface area contributed by atoms with Gasteiger partial charge >= 0.3 is 0 Å². The predicted molar refractivity (Wildman–Crippen MR) is 82.8 cm³/mol. The first kappa shape index (κ1) is 16.0. The highest BCUT2D eigenvalue weighted by atomic mass is 16.5. The molecule has 0 unspecified atom stereocenters. The van der Waals surface area contributed by atoms with Crippen LogP contribution in [0.5, 0.6) is 5.75 Å². The van der Waals surface area contributed by atoms with E-state index in [1.54, 1.807) is 19.3 Å². The van der Waals surface area contributed by atoms with Crippen molar-refractivity contribution in [3.8, 4) is 5.75 Å². The van der Waals surface area contributed by atoms with Crippen LogP contribution in [-0.2, 0) is 11.2 Å². The second-order valence-corrected chi connectivity index (χ2v) is 4.98. The molecule has 1 aromatic carbocycles. The van der Waals surface area contributed by atoms with Crippen LogP contribution >= 0.6 is 0 Å². The Hall–Kier alpha value is -2.03. The SMILES string of the molecule is COc1cccc(CC=CC=CC(=O)NCC(C)C)c1. The molecule has 0 aliphatic heterocycles. The third kappa shape index (κ3) is 6.78. The molecular weight excluding hydrogens is 250 g/mol. The topological polar surface area (TPSA) is 38.3 Å². The fourth-order valence-corrected chi connectivity index (χ4v) is 1.59. The van der Waals surface area contributed by atoms with Crippen molar-refractivity contribution in [3.63, 3.8) is 0 Å². The second-order valence-electron chi connectivity index (χ2n) is 4.98. The molecule has 0 aliphatic rings. The average Bonchev–Trinajstić information content (AvgIpc) is 2.45. The summed E-state index contributed by atoms with van der Waals surface area (Å²) in [4.78, 5) is 11.4. The highest BCUT2D eigenvalue weighted by Crippen LogP contribution is 2.13. The lowest BCUT2D eigenvalue weighted by molar-refractivity contribution is -0.116. The molecule has 0 radical (unpaired) electrons.